The third-order valence-corrected chi connectivity index (χ3v) is 6.66. The fourth-order valence-corrected chi connectivity index (χ4v) is 4.56. The van der Waals surface area contributed by atoms with Crippen molar-refractivity contribution in [3.8, 4) is 11.5 Å². The van der Waals surface area contributed by atoms with Gasteiger partial charge in [-0.15, -0.1) is 0 Å². The van der Waals surface area contributed by atoms with Crippen molar-refractivity contribution in [3.63, 3.8) is 0 Å². The molecule has 0 saturated carbocycles. The van der Waals surface area contributed by atoms with Crippen molar-refractivity contribution in [2.45, 2.75) is 13.8 Å². The van der Waals surface area contributed by atoms with Crippen molar-refractivity contribution in [1.29, 1.82) is 0 Å². The number of benzene rings is 3. The highest BCUT2D eigenvalue weighted by atomic mass is 32.3. The molecule has 1 fully saturated rings. The lowest BCUT2D eigenvalue weighted by Crippen LogP contribution is -2.28. The number of nitrogens with zero attached hydrogens (tertiary/aromatic N) is 2. The molecular weight excluding hydrogens is 536 g/mol. The summed E-state index contributed by atoms with van der Waals surface area (Å²) in [4.78, 5) is 30.6. The van der Waals surface area contributed by atoms with Crippen molar-refractivity contribution in [2.75, 3.05) is 55.9 Å². The first-order valence-electron chi connectivity index (χ1n) is 12.2. The lowest BCUT2D eigenvalue weighted by atomic mass is 10.1. The van der Waals surface area contributed by atoms with E-state index in [1.54, 1.807) is 36.4 Å². The van der Waals surface area contributed by atoms with Gasteiger partial charge in [0.2, 0.25) is 0 Å². The molecular formula is C28H34N4O7S. The Morgan fingerprint density at radius 2 is 1.48 bits per heavy atom. The number of amides is 2. The molecule has 1 saturated heterocycles. The summed E-state index contributed by atoms with van der Waals surface area (Å²) in [5.74, 6) is -0.894. The predicted octanol–water partition coefficient (Wildman–Crippen LogP) is 4.16. The van der Waals surface area contributed by atoms with Crippen LogP contribution in [0, 0.1) is 0 Å². The fraction of sp³-hybridized carbons (Fsp3) is 0.286. The molecule has 0 unspecified atom stereocenters. The number of hydrogen-bond acceptors (Lipinski definition) is 8. The number of rotatable bonds is 8. The molecule has 214 valence electrons. The SMILES string of the molecule is C.COc1ccc(C(=O)Nc2cccc(OS(=O)(=O)O)c2NC(=O)c2ccc(N3CCCN(C)CC3)cc2)cc1. The van der Waals surface area contributed by atoms with Crippen LogP contribution in [0.15, 0.2) is 66.7 Å². The van der Waals surface area contributed by atoms with Crippen molar-refractivity contribution < 1.29 is 31.5 Å². The zero-order valence-electron chi connectivity index (χ0n) is 21.6. The Bertz CT molecular complexity index is 1430. The average molecular weight is 571 g/mol. The van der Waals surface area contributed by atoms with Gasteiger partial charge < -0.3 is 29.4 Å². The number of methoxy groups -OCH3 is 1. The second-order valence-corrected chi connectivity index (χ2v) is 10.0. The number of ether oxygens (including phenoxy) is 1. The quantitative estimate of drug-likeness (QED) is 0.341. The van der Waals surface area contributed by atoms with Crippen LogP contribution in [0.2, 0.25) is 0 Å². The van der Waals surface area contributed by atoms with Crippen LogP contribution in [0.25, 0.3) is 0 Å². The number of likely N-dealkylation sites (N-methyl/N-ethyl adjacent to an activating group) is 1. The minimum atomic E-state index is -4.92. The molecule has 1 aliphatic heterocycles. The second-order valence-electron chi connectivity index (χ2n) is 9.02. The van der Waals surface area contributed by atoms with E-state index in [2.05, 4.69) is 31.7 Å². The summed E-state index contributed by atoms with van der Waals surface area (Å²) in [7, 11) is -1.32. The Hall–Kier alpha value is -4.13. The molecule has 12 heteroatoms. The lowest BCUT2D eigenvalue weighted by molar-refractivity contribution is 0.101. The van der Waals surface area contributed by atoms with E-state index < -0.39 is 22.2 Å². The van der Waals surface area contributed by atoms with Gasteiger partial charge in [0.15, 0.2) is 5.75 Å². The van der Waals surface area contributed by atoms with Gasteiger partial charge in [-0.1, -0.05) is 13.5 Å². The number of carbonyl (C=O) groups is 2. The molecule has 2 amide bonds. The van der Waals surface area contributed by atoms with Gasteiger partial charge in [-0.25, -0.2) is 0 Å². The van der Waals surface area contributed by atoms with Crippen molar-refractivity contribution >= 4 is 39.3 Å². The van der Waals surface area contributed by atoms with Crippen LogP contribution >= 0.6 is 0 Å². The molecule has 11 nitrogen and oxygen atoms in total. The summed E-state index contributed by atoms with van der Waals surface area (Å²) >= 11 is 0. The Morgan fingerprint density at radius 1 is 0.850 bits per heavy atom. The highest BCUT2D eigenvalue weighted by Crippen LogP contribution is 2.34. The summed E-state index contributed by atoms with van der Waals surface area (Å²) in [6, 6.07) is 17.5. The Morgan fingerprint density at radius 3 is 2.10 bits per heavy atom. The molecule has 3 aromatic carbocycles. The Kier molecular flexibility index (Phi) is 10.1. The van der Waals surface area contributed by atoms with Crippen LogP contribution in [0.5, 0.6) is 11.5 Å². The number of para-hydroxylation sites is 1. The third-order valence-electron chi connectivity index (χ3n) is 6.27. The summed E-state index contributed by atoms with van der Waals surface area (Å²) in [6.07, 6.45) is 1.04. The van der Waals surface area contributed by atoms with E-state index in [0.717, 1.165) is 38.3 Å². The van der Waals surface area contributed by atoms with Gasteiger partial charge in [0, 0.05) is 36.4 Å². The molecule has 1 heterocycles. The van der Waals surface area contributed by atoms with Crippen LogP contribution in [0.1, 0.15) is 34.6 Å². The number of hydrogen-bond donors (Lipinski definition) is 3. The lowest BCUT2D eigenvalue weighted by Gasteiger charge is -2.23. The molecule has 4 rings (SSSR count). The maximum absolute atomic E-state index is 13.2. The molecule has 0 aliphatic carbocycles. The highest BCUT2D eigenvalue weighted by Gasteiger charge is 2.20. The van der Waals surface area contributed by atoms with E-state index in [0.29, 0.717) is 16.9 Å². The molecule has 0 spiro atoms. The Balaban J connectivity index is 0.00000441. The smallest absolute Gasteiger partial charge is 0.446 e. The number of nitrogens with one attached hydrogen (secondary N) is 2. The van der Waals surface area contributed by atoms with Crippen LogP contribution in [0.3, 0.4) is 0 Å². The molecule has 3 aromatic rings. The van der Waals surface area contributed by atoms with Crippen LogP contribution in [-0.4, -0.2) is 70.0 Å². The standard InChI is InChI=1S/C27H30N4O7S.CH4/c1-30-15-4-16-31(18-17-30)21-11-7-19(8-12-21)27(33)29-25-23(5-3-6-24(25)38-39(34,35)36)28-26(32)20-9-13-22(37-2)14-10-20;/h3,5-14H,4,15-18H2,1-2H3,(H,28,32)(H,29,33)(H,34,35,36);1H4. The minimum Gasteiger partial charge on any atom is -0.497 e. The largest absolute Gasteiger partial charge is 0.497 e. The second kappa shape index (κ2) is 13.3. The monoisotopic (exact) mass is 570 g/mol. The first kappa shape index (κ1) is 30.4. The normalized spacial score (nSPS) is 13.9. The number of carbonyl (C=O) groups excluding carboxylic acids is 2. The van der Waals surface area contributed by atoms with Crippen molar-refractivity contribution in [2.24, 2.45) is 0 Å². The van der Waals surface area contributed by atoms with E-state index in [-0.39, 0.29) is 24.6 Å². The fourth-order valence-electron chi connectivity index (χ4n) is 4.20. The van der Waals surface area contributed by atoms with Crippen LogP contribution < -0.4 is 24.5 Å². The average Bonchev–Trinajstić information content (AvgIpc) is 3.14. The van der Waals surface area contributed by atoms with Gasteiger partial charge in [0.1, 0.15) is 11.4 Å². The van der Waals surface area contributed by atoms with E-state index in [4.69, 9.17) is 4.74 Å². The van der Waals surface area contributed by atoms with Gasteiger partial charge in [-0.05, 0) is 80.7 Å². The molecule has 40 heavy (non-hydrogen) atoms. The van der Waals surface area contributed by atoms with E-state index in [1.807, 2.05) is 12.1 Å². The van der Waals surface area contributed by atoms with Crippen LogP contribution in [0.4, 0.5) is 17.1 Å². The zero-order chi connectivity index (χ0) is 28.0. The van der Waals surface area contributed by atoms with Crippen LogP contribution in [-0.2, 0) is 10.4 Å². The first-order chi connectivity index (χ1) is 18.6. The molecule has 1 aliphatic rings. The first-order valence-corrected chi connectivity index (χ1v) is 13.6. The van der Waals surface area contributed by atoms with Crippen molar-refractivity contribution in [3.05, 3.63) is 77.9 Å². The van der Waals surface area contributed by atoms with E-state index in [1.165, 1.54) is 25.3 Å². The third kappa shape index (κ3) is 7.94. The molecule has 3 N–H and O–H groups in total. The summed E-state index contributed by atoms with van der Waals surface area (Å²) < 4.78 is 42.0. The maximum atomic E-state index is 13.2. The molecule has 0 radical (unpaired) electrons. The molecule has 0 atom stereocenters. The minimum absolute atomic E-state index is 0. The van der Waals surface area contributed by atoms with Gasteiger partial charge in [-0.3, -0.25) is 14.1 Å². The maximum Gasteiger partial charge on any atom is 0.446 e. The van der Waals surface area contributed by atoms with Crippen molar-refractivity contribution in [1.82, 2.24) is 4.90 Å². The Labute approximate surface area is 234 Å². The topological polar surface area (TPSA) is 138 Å². The predicted molar refractivity (Wildman–Crippen MR) is 155 cm³/mol. The summed E-state index contributed by atoms with van der Waals surface area (Å²) in [5.41, 5.74) is 1.52. The molecule has 0 bridgehead atoms. The van der Waals surface area contributed by atoms with E-state index in [9.17, 15) is 22.6 Å². The summed E-state index contributed by atoms with van der Waals surface area (Å²) in [6.45, 7) is 3.75. The van der Waals surface area contributed by atoms with Gasteiger partial charge in [0.25, 0.3) is 11.8 Å². The van der Waals surface area contributed by atoms with Gasteiger partial charge >= 0.3 is 10.4 Å². The molecule has 0 aromatic heterocycles. The van der Waals surface area contributed by atoms with Gasteiger partial charge in [-0.2, -0.15) is 8.42 Å². The summed E-state index contributed by atoms with van der Waals surface area (Å²) in [5, 5.41) is 5.26. The van der Waals surface area contributed by atoms with Gasteiger partial charge in [0.05, 0.1) is 12.8 Å². The van der Waals surface area contributed by atoms with E-state index >= 15 is 0 Å². The number of anilines is 3. The highest BCUT2D eigenvalue weighted by molar-refractivity contribution is 7.81. The zero-order valence-corrected chi connectivity index (χ0v) is 22.4.